The highest BCUT2D eigenvalue weighted by Gasteiger charge is 2.02. The number of nitrogens with zero attached hydrogens (tertiary/aromatic N) is 1. The first-order valence-corrected chi connectivity index (χ1v) is 7.43. The third-order valence-corrected chi connectivity index (χ3v) is 3.34. The molecule has 120 valence electrons. The Kier molecular flexibility index (Phi) is 5.94. The average Bonchev–Trinajstić information content (AvgIpc) is 2.58. The second kappa shape index (κ2) is 8.15. The van der Waals surface area contributed by atoms with E-state index in [1.54, 1.807) is 12.2 Å². The Hall–Kier alpha value is -2.59. The summed E-state index contributed by atoms with van der Waals surface area (Å²) in [4.78, 5) is 14.1. The van der Waals surface area contributed by atoms with Crippen LogP contribution in [0.5, 0.6) is 5.75 Å². The van der Waals surface area contributed by atoms with Gasteiger partial charge in [0.2, 0.25) is 0 Å². The van der Waals surface area contributed by atoms with Gasteiger partial charge >= 0.3 is 0 Å². The number of aliphatic hydroxyl groups excluding tert-OH is 1. The molecule has 2 rings (SSSR count). The monoisotopic (exact) mass is 311 g/mol. The summed E-state index contributed by atoms with van der Waals surface area (Å²) in [5.74, 6) is 0.665. The SMILES string of the molecule is CN(C)c1ccc(C(=O)C=Cc2ccc(OCCO)cc2)cc1. The van der Waals surface area contributed by atoms with Crippen molar-refractivity contribution in [2.24, 2.45) is 0 Å². The number of hydrogen-bond donors (Lipinski definition) is 1. The lowest BCUT2D eigenvalue weighted by Crippen LogP contribution is -2.08. The van der Waals surface area contributed by atoms with Gasteiger partial charge in [-0.05, 0) is 48.0 Å². The van der Waals surface area contributed by atoms with E-state index < -0.39 is 0 Å². The molecule has 0 radical (unpaired) electrons. The summed E-state index contributed by atoms with van der Waals surface area (Å²) in [7, 11) is 3.93. The van der Waals surface area contributed by atoms with E-state index in [4.69, 9.17) is 9.84 Å². The molecule has 2 aromatic rings. The van der Waals surface area contributed by atoms with Crippen LogP contribution in [-0.4, -0.2) is 38.2 Å². The molecule has 1 N–H and O–H groups in total. The smallest absolute Gasteiger partial charge is 0.185 e. The number of benzene rings is 2. The Bertz CT molecular complexity index is 658. The van der Waals surface area contributed by atoms with Crippen LogP contribution < -0.4 is 9.64 Å². The Morgan fingerprint density at radius 1 is 1.09 bits per heavy atom. The van der Waals surface area contributed by atoms with Gasteiger partial charge in [-0.3, -0.25) is 4.79 Å². The lowest BCUT2D eigenvalue weighted by atomic mass is 10.1. The zero-order chi connectivity index (χ0) is 16.7. The molecule has 0 saturated heterocycles. The van der Waals surface area contributed by atoms with Gasteiger partial charge in [-0.1, -0.05) is 18.2 Å². The maximum absolute atomic E-state index is 12.2. The Balaban J connectivity index is 2.00. The normalized spacial score (nSPS) is 10.7. The second-order valence-corrected chi connectivity index (χ2v) is 5.28. The quantitative estimate of drug-likeness (QED) is 0.631. The first-order valence-electron chi connectivity index (χ1n) is 7.43. The van der Waals surface area contributed by atoms with Gasteiger partial charge in [0.25, 0.3) is 0 Å². The van der Waals surface area contributed by atoms with Crippen LogP contribution in [0.25, 0.3) is 6.08 Å². The van der Waals surface area contributed by atoms with Crippen molar-refractivity contribution in [2.75, 3.05) is 32.2 Å². The molecule has 0 aliphatic carbocycles. The van der Waals surface area contributed by atoms with Crippen molar-refractivity contribution >= 4 is 17.5 Å². The van der Waals surface area contributed by atoms with Crippen molar-refractivity contribution in [3.05, 3.63) is 65.7 Å². The van der Waals surface area contributed by atoms with Crippen molar-refractivity contribution in [2.45, 2.75) is 0 Å². The van der Waals surface area contributed by atoms with Crippen molar-refractivity contribution in [1.82, 2.24) is 0 Å². The molecule has 4 heteroatoms. The molecule has 4 nitrogen and oxygen atoms in total. The van der Waals surface area contributed by atoms with Gasteiger partial charge in [0.1, 0.15) is 12.4 Å². The molecule has 23 heavy (non-hydrogen) atoms. The largest absolute Gasteiger partial charge is 0.491 e. The lowest BCUT2D eigenvalue weighted by molar-refractivity contribution is 0.104. The van der Waals surface area contributed by atoms with Gasteiger partial charge in [0, 0.05) is 25.3 Å². The van der Waals surface area contributed by atoms with E-state index >= 15 is 0 Å². The molecular formula is C19H21NO3. The standard InChI is InChI=1S/C19H21NO3/c1-20(2)17-8-6-16(7-9-17)19(22)12-5-15-3-10-18(11-4-15)23-14-13-21/h3-12,21H,13-14H2,1-2H3. The fraction of sp³-hybridized carbons (Fsp3) is 0.211. The minimum atomic E-state index is -0.0316. The van der Waals surface area contributed by atoms with E-state index in [2.05, 4.69) is 0 Å². The molecule has 0 bridgehead atoms. The summed E-state index contributed by atoms with van der Waals surface area (Å²) in [5.41, 5.74) is 2.64. The molecule has 0 unspecified atom stereocenters. The van der Waals surface area contributed by atoms with Crippen LogP contribution in [0.2, 0.25) is 0 Å². The number of hydrogen-bond acceptors (Lipinski definition) is 4. The summed E-state index contributed by atoms with van der Waals surface area (Å²) in [6.07, 6.45) is 3.34. The summed E-state index contributed by atoms with van der Waals surface area (Å²) in [6, 6.07) is 14.9. The molecule has 0 saturated carbocycles. The predicted octanol–water partition coefficient (Wildman–Crippen LogP) is 3.02. The minimum absolute atomic E-state index is 0.0111. The van der Waals surface area contributed by atoms with Crippen LogP contribution in [0.15, 0.2) is 54.6 Å². The number of carbonyl (C=O) groups is 1. The van der Waals surface area contributed by atoms with E-state index in [1.165, 1.54) is 0 Å². The number of rotatable bonds is 7. The third kappa shape index (κ3) is 4.97. The molecule has 0 aromatic heterocycles. The highest BCUT2D eigenvalue weighted by Crippen LogP contribution is 2.15. The molecule has 2 aromatic carbocycles. The first kappa shape index (κ1) is 16.8. The van der Waals surface area contributed by atoms with E-state index in [9.17, 15) is 4.79 Å². The van der Waals surface area contributed by atoms with Gasteiger partial charge in [-0.25, -0.2) is 0 Å². The minimum Gasteiger partial charge on any atom is -0.491 e. The number of anilines is 1. The highest BCUT2D eigenvalue weighted by atomic mass is 16.5. The van der Waals surface area contributed by atoms with Crippen LogP contribution >= 0.6 is 0 Å². The van der Waals surface area contributed by atoms with E-state index in [-0.39, 0.29) is 19.0 Å². The molecule has 0 spiro atoms. The molecule has 0 atom stereocenters. The summed E-state index contributed by atoms with van der Waals surface area (Å²) >= 11 is 0. The molecule has 0 aliphatic heterocycles. The van der Waals surface area contributed by atoms with Crippen LogP contribution in [-0.2, 0) is 0 Å². The Morgan fingerprint density at radius 2 is 1.74 bits per heavy atom. The van der Waals surface area contributed by atoms with Crippen LogP contribution in [0.1, 0.15) is 15.9 Å². The molecule has 0 fully saturated rings. The molecule has 0 heterocycles. The summed E-state index contributed by atoms with van der Waals surface area (Å²) in [5, 5.41) is 8.71. The van der Waals surface area contributed by atoms with Gasteiger partial charge in [0.05, 0.1) is 6.61 Å². The van der Waals surface area contributed by atoms with Crippen molar-refractivity contribution in [3.63, 3.8) is 0 Å². The van der Waals surface area contributed by atoms with E-state index in [1.807, 2.05) is 67.5 Å². The third-order valence-electron chi connectivity index (χ3n) is 3.34. The molecule has 0 aliphatic rings. The van der Waals surface area contributed by atoms with Crippen molar-refractivity contribution in [1.29, 1.82) is 0 Å². The van der Waals surface area contributed by atoms with Crippen LogP contribution in [0, 0.1) is 0 Å². The zero-order valence-corrected chi connectivity index (χ0v) is 13.4. The number of ketones is 1. The van der Waals surface area contributed by atoms with Crippen LogP contribution in [0.3, 0.4) is 0 Å². The lowest BCUT2D eigenvalue weighted by Gasteiger charge is -2.11. The topological polar surface area (TPSA) is 49.8 Å². The van der Waals surface area contributed by atoms with Crippen LogP contribution in [0.4, 0.5) is 5.69 Å². The fourth-order valence-electron chi connectivity index (χ4n) is 2.03. The maximum Gasteiger partial charge on any atom is 0.185 e. The average molecular weight is 311 g/mol. The Labute approximate surface area is 136 Å². The highest BCUT2D eigenvalue weighted by molar-refractivity contribution is 6.06. The fourth-order valence-corrected chi connectivity index (χ4v) is 2.03. The maximum atomic E-state index is 12.2. The number of aliphatic hydroxyl groups is 1. The number of carbonyl (C=O) groups excluding carboxylic acids is 1. The van der Waals surface area contributed by atoms with E-state index in [0.717, 1.165) is 11.3 Å². The van der Waals surface area contributed by atoms with Gasteiger partial charge in [0.15, 0.2) is 5.78 Å². The zero-order valence-electron chi connectivity index (χ0n) is 13.4. The Morgan fingerprint density at radius 3 is 2.30 bits per heavy atom. The molecule has 0 amide bonds. The van der Waals surface area contributed by atoms with Gasteiger partial charge in [-0.15, -0.1) is 0 Å². The summed E-state index contributed by atoms with van der Waals surface area (Å²) in [6.45, 7) is 0.263. The van der Waals surface area contributed by atoms with Crippen molar-refractivity contribution in [3.8, 4) is 5.75 Å². The van der Waals surface area contributed by atoms with Gasteiger partial charge < -0.3 is 14.7 Å². The van der Waals surface area contributed by atoms with Gasteiger partial charge in [-0.2, -0.15) is 0 Å². The molecular weight excluding hydrogens is 290 g/mol. The van der Waals surface area contributed by atoms with E-state index in [0.29, 0.717) is 11.3 Å². The first-order chi connectivity index (χ1) is 11.1. The summed E-state index contributed by atoms with van der Waals surface area (Å²) < 4.78 is 5.29. The van der Waals surface area contributed by atoms with Crippen molar-refractivity contribution < 1.29 is 14.6 Å². The second-order valence-electron chi connectivity index (χ2n) is 5.28. The predicted molar refractivity (Wildman–Crippen MR) is 93.2 cm³/mol. The number of ether oxygens (including phenoxy) is 1. The number of allylic oxidation sites excluding steroid dienone is 1.